The molecule has 1 aliphatic carbocycles. The Morgan fingerprint density at radius 2 is 1.61 bits per heavy atom. The second-order valence-corrected chi connectivity index (χ2v) is 9.71. The monoisotopic (exact) mass is 444 g/mol. The van der Waals surface area contributed by atoms with Crippen molar-refractivity contribution in [1.29, 1.82) is 0 Å². The second kappa shape index (κ2) is 10.6. The summed E-state index contributed by atoms with van der Waals surface area (Å²) in [6.45, 7) is 3.01. The highest BCUT2D eigenvalue weighted by atomic mass is 16.5. The average Bonchev–Trinajstić information content (AvgIpc) is 3.27. The van der Waals surface area contributed by atoms with Gasteiger partial charge in [-0.25, -0.2) is 4.98 Å². The summed E-state index contributed by atoms with van der Waals surface area (Å²) in [6.07, 6.45) is 9.53. The first-order valence-corrected chi connectivity index (χ1v) is 12.7. The summed E-state index contributed by atoms with van der Waals surface area (Å²) in [7, 11) is 1.77. The lowest BCUT2D eigenvalue weighted by Crippen LogP contribution is -2.32. The van der Waals surface area contributed by atoms with Gasteiger partial charge in [0.15, 0.2) is 5.89 Å². The van der Waals surface area contributed by atoms with Crippen LogP contribution in [0.5, 0.6) is 5.75 Å². The summed E-state index contributed by atoms with van der Waals surface area (Å²) in [5.41, 5.74) is 3.79. The molecule has 2 heterocycles. The van der Waals surface area contributed by atoms with Gasteiger partial charge in [-0.15, -0.1) is 0 Å². The van der Waals surface area contributed by atoms with Crippen LogP contribution in [0, 0.1) is 0 Å². The molecule has 0 N–H and O–H groups in total. The van der Waals surface area contributed by atoms with Crippen LogP contribution >= 0.6 is 0 Å². The average molecular weight is 445 g/mol. The highest BCUT2D eigenvalue weighted by Crippen LogP contribution is 2.36. The molecule has 0 radical (unpaired) electrons. The zero-order chi connectivity index (χ0) is 22.5. The minimum Gasteiger partial charge on any atom is -0.496 e. The van der Waals surface area contributed by atoms with Crippen molar-refractivity contribution in [2.75, 3.05) is 20.2 Å². The van der Waals surface area contributed by atoms with Gasteiger partial charge in [0.2, 0.25) is 0 Å². The predicted octanol–water partition coefficient (Wildman–Crippen LogP) is 6.70. The van der Waals surface area contributed by atoms with E-state index in [-0.39, 0.29) is 0 Å². The molecule has 1 aromatic heterocycles. The number of para-hydroxylation sites is 1. The Morgan fingerprint density at radius 1 is 0.879 bits per heavy atom. The van der Waals surface area contributed by atoms with Crippen LogP contribution in [0.15, 0.2) is 59.0 Å². The number of aromatic nitrogens is 1. The Bertz CT molecular complexity index is 1020. The van der Waals surface area contributed by atoms with Crippen LogP contribution in [0.1, 0.15) is 85.3 Å². The van der Waals surface area contributed by atoms with E-state index in [2.05, 4.69) is 59.5 Å². The molecule has 0 unspecified atom stereocenters. The normalized spacial score (nSPS) is 18.5. The smallest absolute Gasteiger partial charge is 0.197 e. The van der Waals surface area contributed by atoms with E-state index in [1.165, 1.54) is 43.2 Å². The van der Waals surface area contributed by atoms with Crippen molar-refractivity contribution >= 4 is 0 Å². The van der Waals surface area contributed by atoms with Gasteiger partial charge in [0.1, 0.15) is 11.5 Å². The Morgan fingerprint density at radius 3 is 2.36 bits per heavy atom. The van der Waals surface area contributed by atoms with Crippen molar-refractivity contribution < 1.29 is 9.15 Å². The van der Waals surface area contributed by atoms with E-state index in [0.717, 1.165) is 62.0 Å². The Balaban J connectivity index is 1.29. The lowest BCUT2D eigenvalue weighted by atomic mass is 9.88. The Labute approximate surface area is 198 Å². The summed E-state index contributed by atoms with van der Waals surface area (Å²) in [6, 6.07) is 19.2. The molecule has 5 rings (SSSR count). The molecule has 4 heteroatoms. The van der Waals surface area contributed by atoms with Crippen LogP contribution in [-0.2, 0) is 13.0 Å². The third-order valence-electron chi connectivity index (χ3n) is 7.50. The maximum absolute atomic E-state index is 6.50. The third kappa shape index (κ3) is 5.33. The van der Waals surface area contributed by atoms with Crippen LogP contribution in [0.25, 0.3) is 0 Å². The molecule has 1 saturated carbocycles. The molecule has 1 saturated heterocycles. The summed E-state index contributed by atoms with van der Waals surface area (Å²) < 4.78 is 12.1. The van der Waals surface area contributed by atoms with Crippen molar-refractivity contribution in [3.63, 3.8) is 0 Å². The van der Waals surface area contributed by atoms with Crippen molar-refractivity contribution in [2.24, 2.45) is 0 Å². The molecule has 2 aromatic carbocycles. The predicted molar refractivity (Wildman–Crippen MR) is 132 cm³/mol. The highest BCUT2D eigenvalue weighted by molar-refractivity contribution is 5.36. The fraction of sp³-hybridized carbons (Fsp3) is 0.483. The zero-order valence-corrected chi connectivity index (χ0v) is 19.8. The van der Waals surface area contributed by atoms with Gasteiger partial charge in [0.25, 0.3) is 0 Å². The fourth-order valence-electron chi connectivity index (χ4n) is 5.59. The standard InChI is InChI=1S/C29H36N2O2/c1-32-27-15-9-8-14-25(27)23-16-18-31(19-17-23)21-28-26(20-22-10-4-2-5-11-22)30-29(33-28)24-12-6-3-7-13-24/h2,4-5,8-11,14-15,23-24H,3,6-7,12-13,16-21H2,1H3. The van der Waals surface area contributed by atoms with Crippen LogP contribution in [0.4, 0.5) is 0 Å². The first-order chi connectivity index (χ1) is 16.3. The number of oxazole rings is 1. The minimum atomic E-state index is 0.498. The topological polar surface area (TPSA) is 38.5 Å². The van der Waals surface area contributed by atoms with Crippen LogP contribution in [0.2, 0.25) is 0 Å². The van der Waals surface area contributed by atoms with Crippen molar-refractivity contribution in [3.8, 4) is 5.75 Å². The number of likely N-dealkylation sites (tertiary alicyclic amines) is 1. The summed E-state index contributed by atoms with van der Waals surface area (Å²) in [4.78, 5) is 7.62. The molecule has 0 amide bonds. The molecule has 3 aromatic rings. The fourth-order valence-corrected chi connectivity index (χ4v) is 5.59. The molecule has 0 bridgehead atoms. The van der Waals surface area contributed by atoms with Crippen LogP contribution in [-0.4, -0.2) is 30.1 Å². The molecule has 1 aliphatic heterocycles. The Kier molecular flexibility index (Phi) is 7.11. The largest absolute Gasteiger partial charge is 0.496 e. The van der Waals surface area contributed by atoms with Gasteiger partial charge in [-0.2, -0.15) is 0 Å². The molecule has 0 atom stereocenters. The molecule has 4 nitrogen and oxygen atoms in total. The van der Waals surface area contributed by atoms with Gasteiger partial charge in [-0.1, -0.05) is 67.8 Å². The van der Waals surface area contributed by atoms with E-state index in [9.17, 15) is 0 Å². The van der Waals surface area contributed by atoms with E-state index in [0.29, 0.717) is 11.8 Å². The number of hydrogen-bond acceptors (Lipinski definition) is 4. The first kappa shape index (κ1) is 22.2. The SMILES string of the molecule is COc1ccccc1C1CCN(Cc2oc(C3CCCCC3)nc2Cc2ccccc2)CC1. The summed E-state index contributed by atoms with van der Waals surface area (Å²) in [5.74, 6) is 4.15. The summed E-state index contributed by atoms with van der Waals surface area (Å²) in [5, 5.41) is 0. The highest BCUT2D eigenvalue weighted by Gasteiger charge is 2.27. The van der Waals surface area contributed by atoms with Gasteiger partial charge < -0.3 is 9.15 Å². The molecule has 2 fully saturated rings. The van der Waals surface area contributed by atoms with Gasteiger partial charge in [-0.05, 0) is 61.9 Å². The number of rotatable bonds is 7. The van der Waals surface area contributed by atoms with Crippen molar-refractivity contribution in [1.82, 2.24) is 9.88 Å². The molecule has 174 valence electrons. The van der Waals surface area contributed by atoms with Gasteiger partial charge in [0, 0.05) is 12.3 Å². The van der Waals surface area contributed by atoms with E-state index < -0.39 is 0 Å². The number of nitrogens with zero attached hydrogens (tertiary/aromatic N) is 2. The second-order valence-electron chi connectivity index (χ2n) is 9.71. The van der Waals surface area contributed by atoms with E-state index in [4.69, 9.17) is 14.1 Å². The number of hydrogen-bond donors (Lipinski definition) is 0. The van der Waals surface area contributed by atoms with Gasteiger partial charge >= 0.3 is 0 Å². The van der Waals surface area contributed by atoms with Crippen molar-refractivity contribution in [2.45, 2.75) is 69.7 Å². The van der Waals surface area contributed by atoms with E-state index >= 15 is 0 Å². The molecule has 2 aliphatic rings. The maximum atomic E-state index is 6.50. The zero-order valence-electron chi connectivity index (χ0n) is 19.8. The van der Waals surface area contributed by atoms with E-state index in [1.54, 1.807) is 7.11 Å². The number of piperidine rings is 1. The third-order valence-corrected chi connectivity index (χ3v) is 7.50. The number of benzene rings is 2. The minimum absolute atomic E-state index is 0.498. The summed E-state index contributed by atoms with van der Waals surface area (Å²) >= 11 is 0. The molecule has 33 heavy (non-hydrogen) atoms. The number of ether oxygens (including phenoxy) is 1. The maximum Gasteiger partial charge on any atom is 0.197 e. The van der Waals surface area contributed by atoms with Gasteiger partial charge in [-0.3, -0.25) is 4.90 Å². The molecular weight excluding hydrogens is 408 g/mol. The molecular formula is C29H36N2O2. The van der Waals surface area contributed by atoms with Crippen molar-refractivity contribution in [3.05, 3.63) is 83.1 Å². The quantitative estimate of drug-likeness (QED) is 0.406. The Hall–Kier alpha value is -2.59. The lowest BCUT2D eigenvalue weighted by molar-refractivity contribution is 0.186. The first-order valence-electron chi connectivity index (χ1n) is 12.7. The van der Waals surface area contributed by atoms with E-state index in [1.807, 2.05) is 0 Å². The van der Waals surface area contributed by atoms with Crippen LogP contribution < -0.4 is 4.74 Å². The van der Waals surface area contributed by atoms with Gasteiger partial charge in [0.05, 0.1) is 19.3 Å². The molecule has 0 spiro atoms. The lowest BCUT2D eigenvalue weighted by Gasteiger charge is -2.32. The van der Waals surface area contributed by atoms with Crippen LogP contribution in [0.3, 0.4) is 0 Å². The number of methoxy groups -OCH3 is 1.